The fourth-order valence-electron chi connectivity index (χ4n) is 2.59. The van der Waals surface area contributed by atoms with E-state index in [-0.39, 0.29) is 5.78 Å². The molecule has 0 bridgehead atoms. The molecule has 4 heteroatoms. The second-order valence-electron chi connectivity index (χ2n) is 4.87. The van der Waals surface area contributed by atoms with Crippen molar-refractivity contribution in [1.82, 2.24) is 0 Å². The van der Waals surface area contributed by atoms with Crippen LogP contribution in [0.4, 0.5) is 0 Å². The molecule has 0 radical (unpaired) electrons. The number of fused-ring (bicyclic) bond motifs is 1. The fourth-order valence-corrected chi connectivity index (χ4v) is 2.59. The molecule has 2 rings (SSSR count). The van der Waals surface area contributed by atoms with Crippen molar-refractivity contribution in [3.05, 3.63) is 0 Å². The first kappa shape index (κ1) is 12.0. The predicted octanol–water partition coefficient (Wildman–Crippen LogP) is 2.10. The van der Waals surface area contributed by atoms with E-state index in [2.05, 4.69) is 6.92 Å². The summed E-state index contributed by atoms with van der Waals surface area (Å²) < 4.78 is 0. The number of ketones is 1. The second-order valence-corrected chi connectivity index (χ2v) is 4.87. The molecule has 0 aromatic heterocycles. The third-order valence-corrected chi connectivity index (χ3v) is 3.73. The molecular formula is C12H20O4. The molecule has 0 amide bonds. The smallest absolute Gasteiger partial charge is 0.239 e. The maximum atomic E-state index is 11.7. The van der Waals surface area contributed by atoms with Gasteiger partial charge in [0.05, 0.1) is 0 Å². The average molecular weight is 228 g/mol. The molecule has 92 valence electrons. The van der Waals surface area contributed by atoms with E-state index in [4.69, 9.17) is 9.78 Å². The van der Waals surface area contributed by atoms with E-state index in [1.54, 1.807) is 0 Å². The van der Waals surface area contributed by atoms with Gasteiger partial charge in [-0.2, -0.15) is 4.89 Å². The number of carbonyl (C=O) groups is 1. The molecule has 2 aliphatic rings. The molecule has 0 aromatic carbocycles. The topological polar surface area (TPSA) is 55.8 Å². The van der Waals surface area contributed by atoms with Gasteiger partial charge in [0.2, 0.25) is 11.4 Å². The largest absolute Gasteiger partial charge is 0.361 e. The van der Waals surface area contributed by atoms with Crippen LogP contribution in [0.2, 0.25) is 0 Å². The first-order valence-corrected chi connectivity index (χ1v) is 6.27. The van der Waals surface area contributed by atoms with Gasteiger partial charge in [0.15, 0.2) is 5.78 Å². The minimum atomic E-state index is -1.32. The summed E-state index contributed by atoms with van der Waals surface area (Å²) in [7, 11) is 0. The van der Waals surface area contributed by atoms with Crippen LogP contribution in [-0.2, 0) is 14.6 Å². The molecule has 1 aliphatic carbocycles. The van der Waals surface area contributed by atoms with Gasteiger partial charge in [0, 0.05) is 12.8 Å². The van der Waals surface area contributed by atoms with E-state index in [1.807, 2.05) is 0 Å². The Kier molecular flexibility index (Phi) is 3.33. The van der Waals surface area contributed by atoms with Crippen molar-refractivity contribution in [2.24, 2.45) is 0 Å². The molecule has 1 heterocycles. The normalized spacial score (nSPS) is 37.2. The summed E-state index contributed by atoms with van der Waals surface area (Å²) in [6, 6.07) is 0. The number of hydrogen-bond donors (Lipinski definition) is 1. The lowest BCUT2D eigenvalue weighted by atomic mass is 9.87. The molecule has 2 unspecified atom stereocenters. The molecule has 2 atom stereocenters. The van der Waals surface area contributed by atoms with Crippen LogP contribution >= 0.6 is 0 Å². The van der Waals surface area contributed by atoms with E-state index in [9.17, 15) is 9.90 Å². The molecule has 1 aliphatic heterocycles. The summed E-state index contributed by atoms with van der Waals surface area (Å²) in [5, 5.41) is 10.0. The summed E-state index contributed by atoms with van der Waals surface area (Å²) in [6.45, 7) is 2.17. The lowest BCUT2D eigenvalue weighted by molar-refractivity contribution is -0.585. The highest BCUT2D eigenvalue weighted by Gasteiger charge is 2.71. The van der Waals surface area contributed by atoms with Crippen molar-refractivity contribution >= 4 is 5.78 Å². The Bertz CT molecular complexity index is 278. The Labute approximate surface area is 95.9 Å². The molecule has 0 spiro atoms. The summed E-state index contributed by atoms with van der Waals surface area (Å²) in [5.74, 6) is -1.33. The maximum Gasteiger partial charge on any atom is 0.239 e. The van der Waals surface area contributed by atoms with Crippen molar-refractivity contribution in [3.8, 4) is 0 Å². The lowest BCUT2D eigenvalue weighted by Crippen LogP contribution is -2.66. The molecule has 4 nitrogen and oxygen atoms in total. The Balaban J connectivity index is 1.81. The first-order valence-electron chi connectivity index (χ1n) is 6.27. The second kappa shape index (κ2) is 4.43. The van der Waals surface area contributed by atoms with Gasteiger partial charge in [-0.1, -0.05) is 32.6 Å². The lowest BCUT2D eigenvalue weighted by Gasteiger charge is -2.47. The molecular weight excluding hydrogens is 208 g/mol. The standard InChI is InChI=1S/C12H20O4/c1-2-3-4-5-6-8-11-10(13)7-9-12(11,14)16-15-11/h14H,2-9H2,1H3. The van der Waals surface area contributed by atoms with Gasteiger partial charge in [-0.15, -0.1) is 0 Å². The van der Waals surface area contributed by atoms with Crippen LogP contribution < -0.4 is 0 Å². The average Bonchev–Trinajstić information content (AvgIpc) is 2.43. The third kappa shape index (κ3) is 1.69. The van der Waals surface area contributed by atoms with E-state index in [0.29, 0.717) is 19.3 Å². The zero-order valence-electron chi connectivity index (χ0n) is 9.83. The van der Waals surface area contributed by atoms with Gasteiger partial charge in [-0.05, 0) is 12.8 Å². The number of unbranched alkanes of at least 4 members (excludes halogenated alkanes) is 4. The van der Waals surface area contributed by atoms with E-state index in [1.165, 1.54) is 19.3 Å². The Morgan fingerprint density at radius 3 is 2.56 bits per heavy atom. The first-order chi connectivity index (χ1) is 7.65. The Morgan fingerprint density at radius 2 is 2.00 bits per heavy atom. The highest BCUT2D eigenvalue weighted by Crippen LogP contribution is 2.51. The molecule has 1 saturated carbocycles. The van der Waals surface area contributed by atoms with Crippen LogP contribution in [0.25, 0.3) is 0 Å². The van der Waals surface area contributed by atoms with Crippen LogP contribution in [0.1, 0.15) is 58.3 Å². The summed E-state index contributed by atoms with van der Waals surface area (Å²) in [5.41, 5.74) is -1.03. The number of carbonyl (C=O) groups excluding carboxylic acids is 1. The highest BCUT2D eigenvalue weighted by atomic mass is 17.3. The van der Waals surface area contributed by atoms with Gasteiger partial charge in [0.1, 0.15) is 0 Å². The summed E-state index contributed by atoms with van der Waals surface area (Å²) in [4.78, 5) is 21.4. The Morgan fingerprint density at radius 1 is 1.25 bits per heavy atom. The van der Waals surface area contributed by atoms with E-state index >= 15 is 0 Å². The molecule has 1 N–H and O–H groups in total. The van der Waals surface area contributed by atoms with E-state index < -0.39 is 11.4 Å². The molecule has 2 fully saturated rings. The van der Waals surface area contributed by atoms with Gasteiger partial charge in [-0.25, -0.2) is 4.89 Å². The SMILES string of the molecule is CCCCCCCC12OOC1(O)CCC2=O. The van der Waals surface area contributed by atoms with Crippen LogP contribution in [0.15, 0.2) is 0 Å². The molecule has 1 saturated heterocycles. The van der Waals surface area contributed by atoms with Crippen molar-refractivity contribution in [1.29, 1.82) is 0 Å². The van der Waals surface area contributed by atoms with E-state index in [0.717, 1.165) is 12.8 Å². The van der Waals surface area contributed by atoms with Crippen molar-refractivity contribution < 1.29 is 19.7 Å². The monoisotopic (exact) mass is 228 g/mol. The van der Waals surface area contributed by atoms with Gasteiger partial charge in [0.25, 0.3) is 0 Å². The highest BCUT2D eigenvalue weighted by molar-refractivity contribution is 5.91. The number of Topliss-reactive ketones (excluding diaryl/α,β-unsaturated/α-hetero) is 1. The summed E-state index contributed by atoms with van der Waals surface area (Å²) in [6.07, 6.45) is 6.94. The fraction of sp³-hybridized carbons (Fsp3) is 0.917. The van der Waals surface area contributed by atoms with Gasteiger partial charge >= 0.3 is 0 Å². The molecule has 0 aromatic rings. The van der Waals surface area contributed by atoms with Crippen molar-refractivity contribution in [3.63, 3.8) is 0 Å². The van der Waals surface area contributed by atoms with Crippen LogP contribution in [0, 0.1) is 0 Å². The van der Waals surface area contributed by atoms with Crippen LogP contribution in [0.5, 0.6) is 0 Å². The number of aliphatic hydroxyl groups is 1. The van der Waals surface area contributed by atoms with Crippen molar-refractivity contribution in [2.45, 2.75) is 69.7 Å². The zero-order valence-corrected chi connectivity index (χ0v) is 9.83. The predicted molar refractivity (Wildman–Crippen MR) is 57.5 cm³/mol. The minimum Gasteiger partial charge on any atom is -0.361 e. The quantitative estimate of drug-likeness (QED) is 0.558. The Hall–Kier alpha value is -0.450. The van der Waals surface area contributed by atoms with Crippen LogP contribution in [-0.4, -0.2) is 22.3 Å². The number of rotatable bonds is 6. The number of hydrogen-bond acceptors (Lipinski definition) is 4. The van der Waals surface area contributed by atoms with Gasteiger partial charge < -0.3 is 5.11 Å². The van der Waals surface area contributed by atoms with Crippen LogP contribution in [0.3, 0.4) is 0 Å². The zero-order chi connectivity index (χ0) is 11.6. The molecule has 16 heavy (non-hydrogen) atoms. The third-order valence-electron chi connectivity index (χ3n) is 3.73. The van der Waals surface area contributed by atoms with Gasteiger partial charge in [-0.3, -0.25) is 4.79 Å². The maximum absolute atomic E-state index is 11.7. The minimum absolute atomic E-state index is 0.00302. The van der Waals surface area contributed by atoms with Crippen molar-refractivity contribution in [2.75, 3.05) is 0 Å². The summed E-state index contributed by atoms with van der Waals surface area (Å²) >= 11 is 0.